The van der Waals surface area contributed by atoms with Crippen LogP contribution >= 0.6 is 11.6 Å². The number of nitrogen functional groups attached to an aromatic ring is 1. The Kier molecular flexibility index (Phi) is 5.18. The van der Waals surface area contributed by atoms with Gasteiger partial charge >= 0.3 is 0 Å². The molecule has 3 heterocycles. The number of nitrogens with one attached hydrogen (secondary N) is 1. The van der Waals surface area contributed by atoms with E-state index in [9.17, 15) is 0 Å². The molecule has 4 rings (SSSR count). The van der Waals surface area contributed by atoms with Gasteiger partial charge in [0.15, 0.2) is 5.82 Å². The van der Waals surface area contributed by atoms with Gasteiger partial charge in [-0.25, -0.2) is 15.0 Å². The zero-order valence-electron chi connectivity index (χ0n) is 15.1. The van der Waals surface area contributed by atoms with Crippen LogP contribution in [0.5, 0.6) is 0 Å². The highest BCUT2D eigenvalue weighted by Gasteiger charge is 2.16. The largest absolute Gasteiger partial charge is 0.398 e. The summed E-state index contributed by atoms with van der Waals surface area (Å²) in [5.74, 6) is 1.36. The van der Waals surface area contributed by atoms with Crippen LogP contribution in [0.3, 0.4) is 0 Å². The smallest absolute Gasteiger partial charge is 0.159 e. The van der Waals surface area contributed by atoms with Crippen molar-refractivity contribution in [2.75, 3.05) is 36.9 Å². The van der Waals surface area contributed by atoms with Gasteiger partial charge in [-0.05, 0) is 30.3 Å². The Morgan fingerprint density at radius 3 is 2.57 bits per heavy atom. The van der Waals surface area contributed by atoms with Crippen molar-refractivity contribution >= 4 is 28.8 Å². The predicted molar refractivity (Wildman–Crippen MR) is 110 cm³/mol. The van der Waals surface area contributed by atoms with E-state index in [1.165, 1.54) is 0 Å². The van der Waals surface area contributed by atoms with Crippen molar-refractivity contribution < 1.29 is 4.74 Å². The molecule has 1 aliphatic rings. The van der Waals surface area contributed by atoms with Crippen molar-refractivity contribution in [3.05, 3.63) is 65.1 Å². The maximum Gasteiger partial charge on any atom is 0.159 e. The maximum atomic E-state index is 8.70. The van der Waals surface area contributed by atoms with Crippen molar-refractivity contribution in [2.24, 2.45) is 0 Å². The summed E-state index contributed by atoms with van der Waals surface area (Å²) in [5.41, 5.74) is 9.15. The molecule has 0 aliphatic carbocycles. The molecule has 142 valence electrons. The summed E-state index contributed by atoms with van der Waals surface area (Å²) in [5, 5.41) is 9.17. The SMILES string of the molecule is N=C(c1ccnc(N2CCOCC2)c1)c1cc(-c2ncc(Cl)cn2)ccc1N. The highest BCUT2D eigenvalue weighted by atomic mass is 35.5. The lowest BCUT2D eigenvalue weighted by Crippen LogP contribution is -2.36. The van der Waals surface area contributed by atoms with Gasteiger partial charge in [0.25, 0.3) is 0 Å². The van der Waals surface area contributed by atoms with Crippen LogP contribution in [0.25, 0.3) is 11.4 Å². The molecule has 0 amide bonds. The zero-order chi connectivity index (χ0) is 19.5. The monoisotopic (exact) mass is 394 g/mol. The molecule has 7 nitrogen and oxygen atoms in total. The zero-order valence-corrected chi connectivity index (χ0v) is 15.9. The van der Waals surface area contributed by atoms with Gasteiger partial charge in [-0.1, -0.05) is 11.6 Å². The Morgan fingerprint density at radius 2 is 1.82 bits per heavy atom. The number of morpholine rings is 1. The van der Waals surface area contributed by atoms with Crippen LogP contribution < -0.4 is 10.6 Å². The van der Waals surface area contributed by atoms with Crippen LogP contribution in [0, 0.1) is 5.41 Å². The molecule has 1 aliphatic heterocycles. The number of ether oxygens (including phenoxy) is 1. The highest BCUT2D eigenvalue weighted by Crippen LogP contribution is 2.25. The average Bonchev–Trinajstić information content (AvgIpc) is 2.75. The molecule has 8 heteroatoms. The first-order valence-corrected chi connectivity index (χ1v) is 9.25. The van der Waals surface area contributed by atoms with Crippen molar-refractivity contribution in [1.82, 2.24) is 15.0 Å². The maximum absolute atomic E-state index is 8.70. The van der Waals surface area contributed by atoms with Gasteiger partial charge in [-0.2, -0.15) is 0 Å². The molecule has 0 radical (unpaired) electrons. The van der Waals surface area contributed by atoms with Gasteiger partial charge in [0, 0.05) is 54.1 Å². The Hall–Kier alpha value is -3.03. The van der Waals surface area contributed by atoms with Gasteiger partial charge < -0.3 is 15.4 Å². The molecule has 1 aromatic carbocycles. The second kappa shape index (κ2) is 7.92. The summed E-state index contributed by atoms with van der Waals surface area (Å²) in [6.45, 7) is 2.93. The lowest BCUT2D eigenvalue weighted by atomic mass is 9.99. The van der Waals surface area contributed by atoms with Gasteiger partial charge in [-0.15, -0.1) is 0 Å². The Balaban J connectivity index is 1.66. The number of nitrogens with zero attached hydrogens (tertiary/aromatic N) is 4. The summed E-state index contributed by atoms with van der Waals surface area (Å²) in [6, 6.07) is 9.16. The molecular formula is C20H19ClN6O. The first-order chi connectivity index (χ1) is 13.6. The van der Waals surface area contributed by atoms with E-state index in [0.717, 1.165) is 30.0 Å². The molecule has 0 atom stereocenters. The fourth-order valence-electron chi connectivity index (χ4n) is 3.07. The van der Waals surface area contributed by atoms with E-state index in [-0.39, 0.29) is 0 Å². The molecule has 3 N–H and O–H groups in total. The first kappa shape index (κ1) is 18.3. The Morgan fingerprint density at radius 1 is 1.07 bits per heavy atom. The van der Waals surface area contributed by atoms with Gasteiger partial charge in [0.1, 0.15) is 5.82 Å². The summed E-state index contributed by atoms with van der Waals surface area (Å²) in [7, 11) is 0. The third-order valence-electron chi connectivity index (χ3n) is 4.57. The molecular weight excluding hydrogens is 376 g/mol. The topological polar surface area (TPSA) is 101 Å². The number of aromatic nitrogens is 3. The third kappa shape index (κ3) is 3.81. The molecule has 3 aromatic rings. The minimum atomic E-state index is 0.324. The quantitative estimate of drug-likeness (QED) is 0.521. The van der Waals surface area contributed by atoms with Gasteiger partial charge in [-0.3, -0.25) is 5.41 Å². The average molecular weight is 395 g/mol. The molecule has 0 spiro atoms. The second-order valence-electron chi connectivity index (χ2n) is 6.40. The van der Waals surface area contributed by atoms with E-state index in [2.05, 4.69) is 19.9 Å². The summed E-state index contributed by atoms with van der Waals surface area (Å²) < 4.78 is 5.40. The van der Waals surface area contributed by atoms with E-state index in [1.807, 2.05) is 24.3 Å². The van der Waals surface area contributed by atoms with Gasteiger partial charge in [0.2, 0.25) is 0 Å². The van der Waals surface area contributed by atoms with Crippen LogP contribution in [-0.2, 0) is 4.74 Å². The van der Waals surface area contributed by atoms with Crippen molar-refractivity contribution in [3.8, 4) is 11.4 Å². The van der Waals surface area contributed by atoms with Crippen LogP contribution in [0.4, 0.5) is 11.5 Å². The number of nitrogens with two attached hydrogens (primary N) is 1. The predicted octanol–water partition coefficient (Wildman–Crippen LogP) is 3.03. The molecule has 0 saturated carbocycles. The number of rotatable bonds is 4. The van der Waals surface area contributed by atoms with Gasteiger partial charge in [0.05, 0.1) is 23.9 Å². The number of hydrogen-bond donors (Lipinski definition) is 2. The number of pyridine rings is 1. The van der Waals surface area contributed by atoms with E-state index in [4.69, 9.17) is 27.5 Å². The number of benzene rings is 1. The molecule has 2 aromatic heterocycles. The van der Waals surface area contributed by atoms with E-state index < -0.39 is 0 Å². The minimum absolute atomic E-state index is 0.324. The summed E-state index contributed by atoms with van der Waals surface area (Å²) >= 11 is 5.87. The van der Waals surface area contributed by atoms with Crippen molar-refractivity contribution in [3.63, 3.8) is 0 Å². The molecule has 0 bridgehead atoms. The molecule has 28 heavy (non-hydrogen) atoms. The Labute approximate surface area is 167 Å². The van der Waals surface area contributed by atoms with E-state index >= 15 is 0 Å². The number of hydrogen-bond acceptors (Lipinski definition) is 7. The first-order valence-electron chi connectivity index (χ1n) is 8.87. The lowest BCUT2D eigenvalue weighted by molar-refractivity contribution is 0.122. The second-order valence-corrected chi connectivity index (χ2v) is 6.84. The third-order valence-corrected chi connectivity index (χ3v) is 4.77. The summed E-state index contributed by atoms with van der Waals surface area (Å²) in [4.78, 5) is 15.1. The Bertz CT molecular complexity index is 1000. The minimum Gasteiger partial charge on any atom is -0.398 e. The van der Waals surface area contributed by atoms with Crippen LogP contribution in [0.15, 0.2) is 48.9 Å². The summed E-state index contributed by atoms with van der Waals surface area (Å²) in [6.07, 6.45) is 4.81. The van der Waals surface area contributed by atoms with E-state index in [1.54, 1.807) is 24.7 Å². The van der Waals surface area contributed by atoms with Crippen molar-refractivity contribution in [2.45, 2.75) is 0 Å². The van der Waals surface area contributed by atoms with Crippen LogP contribution in [0.2, 0.25) is 5.02 Å². The van der Waals surface area contributed by atoms with Crippen LogP contribution in [-0.4, -0.2) is 47.0 Å². The fourth-order valence-corrected chi connectivity index (χ4v) is 3.17. The lowest BCUT2D eigenvalue weighted by Gasteiger charge is -2.28. The normalized spacial score (nSPS) is 14.1. The highest BCUT2D eigenvalue weighted by molar-refractivity contribution is 6.30. The fraction of sp³-hybridized carbons (Fsp3) is 0.200. The molecule has 1 saturated heterocycles. The van der Waals surface area contributed by atoms with Crippen LogP contribution in [0.1, 0.15) is 11.1 Å². The van der Waals surface area contributed by atoms with E-state index in [0.29, 0.717) is 41.0 Å². The number of halogens is 1. The molecule has 0 unspecified atom stereocenters. The van der Waals surface area contributed by atoms with Crippen molar-refractivity contribution in [1.29, 1.82) is 5.41 Å². The number of anilines is 2. The molecule has 1 fully saturated rings. The standard InChI is InChI=1S/C20H19ClN6O/c21-15-11-25-20(26-12-15)14-1-2-17(22)16(9-14)19(23)13-3-4-24-18(10-13)27-5-7-28-8-6-27/h1-4,9-12,23H,5-8,22H2.